The molecule has 1 aromatic heterocycles. The van der Waals surface area contributed by atoms with Gasteiger partial charge in [0.2, 0.25) is 0 Å². The number of nitrogens with one attached hydrogen (secondary N) is 1. The first kappa shape index (κ1) is 15.4. The summed E-state index contributed by atoms with van der Waals surface area (Å²) in [5.41, 5.74) is 4.78. The van der Waals surface area contributed by atoms with Crippen molar-refractivity contribution >= 4 is 5.82 Å². The van der Waals surface area contributed by atoms with E-state index in [9.17, 15) is 0 Å². The SMILES string of the molecule is CCCNc1cc(COc2c(C)ccc(C)c2C)ccn1. The smallest absolute Gasteiger partial charge is 0.126 e. The molecule has 2 rings (SSSR count). The lowest BCUT2D eigenvalue weighted by atomic mass is 10.1. The minimum Gasteiger partial charge on any atom is -0.488 e. The van der Waals surface area contributed by atoms with Crippen LogP contribution in [0.15, 0.2) is 30.5 Å². The number of ether oxygens (including phenoxy) is 1. The standard InChI is InChI=1S/C18H24N2O/c1-5-9-19-17-11-16(8-10-20-17)12-21-18-14(3)7-6-13(2)15(18)4/h6-8,10-11H,5,9,12H2,1-4H3,(H,19,20). The predicted molar refractivity (Wildman–Crippen MR) is 88.0 cm³/mol. The molecule has 1 N–H and O–H groups in total. The van der Waals surface area contributed by atoms with Gasteiger partial charge in [-0.3, -0.25) is 0 Å². The third kappa shape index (κ3) is 3.97. The number of aromatic nitrogens is 1. The van der Waals surface area contributed by atoms with Gasteiger partial charge in [0.1, 0.15) is 18.2 Å². The topological polar surface area (TPSA) is 34.1 Å². The molecule has 112 valence electrons. The van der Waals surface area contributed by atoms with Crippen molar-refractivity contribution in [2.24, 2.45) is 0 Å². The lowest BCUT2D eigenvalue weighted by molar-refractivity contribution is 0.301. The molecule has 3 nitrogen and oxygen atoms in total. The number of nitrogens with zero attached hydrogens (tertiary/aromatic N) is 1. The van der Waals surface area contributed by atoms with Crippen molar-refractivity contribution in [2.45, 2.75) is 40.7 Å². The summed E-state index contributed by atoms with van der Waals surface area (Å²) in [6, 6.07) is 8.29. The van der Waals surface area contributed by atoms with Crippen LogP contribution in [0.3, 0.4) is 0 Å². The van der Waals surface area contributed by atoms with Crippen molar-refractivity contribution in [1.82, 2.24) is 4.98 Å². The zero-order valence-corrected chi connectivity index (χ0v) is 13.4. The summed E-state index contributed by atoms with van der Waals surface area (Å²) >= 11 is 0. The first-order valence-electron chi connectivity index (χ1n) is 7.50. The molecule has 0 radical (unpaired) electrons. The second-order valence-corrected chi connectivity index (χ2v) is 5.42. The number of anilines is 1. The van der Waals surface area contributed by atoms with E-state index in [4.69, 9.17) is 4.74 Å². The van der Waals surface area contributed by atoms with Crippen LogP contribution in [0.25, 0.3) is 0 Å². The van der Waals surface area contributed by atoms with Gasteiger partial charge in [-0.25, -0.2) is 4.98 Å². The third-order valence-electron chi connectivity index (χ3n) is 3.64. The van der Waals surface area contributed by atoms with E-state index in [-0.39, 0.29) is 0 Å². The Morgan fingerprint density at radius 2 is 1.86 bits per heavy atom. The summed E-state index contributed by atoms with van der Waals surface area (Å²) in [5, 5.41) is 3.30. The van der Waals surface area contributed by atoms with Crippen LogP contribution in [0.2, 0.25) is 0 Å². The van der Waals surface area contributed by atoms with E-state index >= 15 is 0 Å². The molecule has 0 saturated heterocycles. The maximum atomic E-state index is 6.04. The highest BCUT2D eigenvalue weighted by Crippen LogP contribution is 2.26. The number of hydrogen-bond donors (Lipinski definition) is 1. The van der Waals surface area contributed by atoms with Crippen molar-refractivity contribution in [3.05, 3.63) is 52.7 Å². The third-order valence-corrected chi connectivity index (χ3v) is 3.64. The van der Waals surface area contributed by atoms with Crippen LogP contribution in [0, 0.1) is 20.8 Å². The lowest BCUT2D eigenvalue weighted by Crippen LogP contribution is -2.04. The highest BCUT2D eigenvalue weighted by molar-refractivity contribution is 5.45. The molecular weight excluding hydrogens is 260 g/mol. The average Bonchev–Trinajstić information content (AvgIpc) is 2.49. The number of pyridine rings is 1. The van der Waals surface area contributed by atoms with Crippen LogP contribution in [-0.2, 0) is 6.61 Å². The quantitative estimate of drug-likeness (QED) is 0.853. The second-order valence-electron chi connectivity index (χ2n) is 5.42. The minimum atomic E-state index is 0.564. The summed E-state index contributed by atoms with van der Waals surface area (Å²) in [7, 11) is 0. The Bertz CT molecular complexity index is 608. The van der Waals surface area contributed by atoms with E-state index in [0.29, 0.717) is 6.61 Å². The predicted octanol–water partition coefficient (Wildman–Crippen LogP) is 4.41. The van der Waals surface area contributed by atoms with Crippen LogP contribution in [0.1, 0.15) is 35.6 Å². The fourth-order valence-corrected chi connectivity index (χ4v) is 2.22. The van der Waals surface area contributed by atoms with Gasteiger partial charge in [0.05, 0.1) is 0 Å². The Morgan fingerprint density at radius 1 is 1.10 bits per heavy atom. The zero-order chi connectivity index (χ0) is 15.2. The summed E-state index contributed by atoms with van der Waals surface area (Å²) in [6.07, 6.45) is 2.91. The molecule has 0 unspecified atom stereocenters. The van der Waals surface area contributed by atoms with Crippen molar-refractivity contribution < 1.29 is 4.74 Å². The molecule has 0 amide bonds. The Morgan fingerprint density at radius 3 is 2.62 bits per heavy atom. The molecule has 0 aliphatic heterocycles. The van der Waals surface area contributed by atoms with Crippen molar-refractivity contribution in [3.8, 4) is 5.75 Å². The maximum Gasteiger partial charge on any atom is 0.126 e. The van der Waals surface area contributed by atoms with Gasteiger partial charge in [-0.05, 0) is 61.6 Å². The number of benzene rings is 1. The van der Waals surface area contributed by atoms with Gasteiger partial charge < -0.3 is 10.1 Å². The molecule has 1 heterocycles. The molecule has 0 atom stereocenters. The van der Waals surface area contributed by atoms with Gasteiger partial charge in [0.15, 0.2) is 0 Å². The van der Waals surface area contributed by atoms with Gasteiger partial charge >= 0.3 is 0 Å². The van der Waals surface area contributed by atoms with E-state index in [0.717, 1.165) is 30.1 Å². The van der Waals surface area contributed by atoms with E-state index in [1.165, 1.54) is 16.7 Å². The van der Waals surface area contributed by atoms with Crippen LogP contribution in [0.4, 0.5) is 5.82 Å². The lowest BCUT2D eigenvalue weighted by Gasteiger charge is -2.14. The first-order valence-corrected chi connectivity index (χ1v) is 7.50. The molecule has 21 heavy (non-hydrogen) atoms. The first-order chi connectivity index (χ1) is 10.1. The molecule has 1 aromatic carbocycles. The fourth-order valence-electron chi connectivity index (χ4n) is 2.22. The van der Waals surface area contributed by atoms with Gasteiger partial charge in [0, 0.05) is 12.7 Å². The fraction of sp³-hybridized carbons (Fsp3) is 0.389. The number of rotatable bonds is 6. The van der Waals surface area contributed by atoms with E-state index < -0.39 is 0 Å². The van der Waals surface area contributed by atoms with Crippen molar-refractivity contribution in [2.75, 3.05) is 11.9 Å². The highest BCUT2D eigenvalue weighted by Gasteiger charge is 2.07. The maximum absolute atomic E-state index is 6.04. The Hall–Kier alpha value is -2.03. The van der Waals surface area contributed by atoms with Crippen LogP contribution in [0.5, 0.6) is 5.75 Å². The summed E-state index contributed by atoms with van der Waals surface area (Å²) in [5.74, 6) is 1.91. The molecule has 0 saturated carbocycles. The Kier molecular flexibility index (Phi) is 5.20. The molecule has 2 aromatic rings. The highest BCUT2D eigenvalue weighted by atomic mass is 16.5. The van der Waals surface area contributed by atoms with Crippen molar-refractivity contribution in [1.29, 1.82) is 0 Å². The van der Waals surface area contributed by atoms with E-state index in [1.807, 2.05) is 12.3 Å². The molecule has 3 heteroatoms. The molecular formula is C18H24N2O. The monoisotopic (exact) mass is 284 g/mol. The molecule has 0 fully saturated rings. The van der Waals surface area contributed by atoms with Crippen LogP contribution < -0.4 is 10.1 Å². The van der Waals surface area contributed by atoms with Gasteiger partial charge in [-0.15, -0.1) is 0 Å². The van der Waals surface area contributed by atoms with Crippen LogP contribution in [-0.4, -0.2) is 11.5 Å². The Balaban J connectivity index is 2.08. The summed E-state index contributed by atoms with van der Waals surface area (Å²) < 4.78 is 6.04. The molecule has 0 bridgehead atoms. The molecule has 0 aliphatic carbocycles. The van der Waals surface area contributed by atoms with E-state index in [2.05, 4.69) is 56.2 Å². The number of hydrogen-bond acceptors (Lipinski definition) is 3. The largest absolute Gasteiger partial charge is 0.488 e. The van der Waals surface area contributed by atoms with E-state index in [1.54, 1.807) is 0 Å². The minimum absolute atomic E-state index is 0.564. The number of aryl methyl sites for hydroxylation is 2. The van der Waals surface area contributed by atoms with Gasteiger partial charge in [-0.2, -0.15) is 0 Å². The Labute approximate surface area is 127 Å². The summed E-state index contributed by atoms with van der Waals surface area (Å²) in [6.45, 7) is 9.95. The van der Waals surface area contributed by atoms with Crippen LogP contribution >= 0.6 is 0 Å². The van der Waals surface area contributed by atoms with Gasteiger partial charge in [0.25, 0.3) is 0 Å². The molecule has 0 aliphatic rings. The average molecular weight is 284 g/mol. The summed E-state index contributed by atoms with van der Waals surface area (Å²) in [4.78, 5) is 4.31. The van der Waals surface area contributed by atoms with Gasteiger partial charge in [-0.1, -0.05) is 19.1 Å². The normalized spacial score (nSPS) is 10.5. The zero-order valence-electron chi connectivity index (χ0n) is 13.4. The van der Waals surface area contributed by atoms with Crippen molar-refractivity contribution in [3.63, 3.8) is 0 Å². The molecule has 0 spiro atoms. The second kappa shape index (κ2) is 7.11.